The number of oxazole rings is 1. The molecule has 34 heavy (non-hydrogen) atoms. The van der Waals surface area contributed by atoms with Gasteiger partial charge in [-0.2, -0.15) is 0 Å². The summed E-state index contributed by atoms with van der Waals surface area (Å²) in [5.74, 6) is 0.911. The van der Waals surface area contributed by atoms with Crippen LogP contribution >= 0.6 is 0 Å². The predicted molar refractivity (Wildman–Crippen MR) is 128 cm³/mol. The Bertz CT molecular complexity index is 1350. The third-order valence-electron chi connectivity index (χ3n) is 6.42. The molecule has 5 heterocycles. The summed E-state index contributed by atoms with van der Waals surface area (Å²) in [6.07, 6.45) is 4.73. The highest BCUT2D eigenvalue weighted by Crippen LogP contribution is 2.39. The van der Waals surface area contributed by atoms with Gasteiger partial charge >= 0.3 is 6.03 Å². The Hall–Kier alpha value is -4.20. The first kappa shape index (κ1) is 20.4. The molecule has 3 aliphatic rings. The van der Waals surface area contributed by atoms with E-state index in [1.54, 1.807) is 17.2 Å². The standard InChI is InChI=1S/C26H22FN5O2/c27-19-5-1-3-17(13-19)22-7-8-23-25(30-22)32(21-9-11-31(23)12-10-21)26(33)29-20-6-2-4-18(14-20)24-15-28-16-34-24/h1-8,13-16,21H,9-12H2,(H,29,33). The van der Waals surface area contributed by atoms with Crippen LogP contribution in [0, 0.1) is 5.82 Å². The van der Waals surface area contributed by atoms with E-state index in [0.29, 0.717) is 28.5 Å². The molecule has 170 valence electrons. The normalized spacial score (nSPS) is 15.2. The van der Waals surface area contributed by atoms with E-state index in [0.717, 1.165) is 37.2 Å². The van der Waals surface area contributed by atoms with E-state index in [1.807, 2.05) is 42.5 Å². The fourth-order valence-corrected chi connectivity index (χ4v) is 4.77. The maximum absolute atomic E-state index is 13.9. The van der Waals surface area contributed by atoms with Crippen LogP contribution in [0.3, 0.4) is 0 Å². The van der Waals surface area contributed by atoms with Crippen LogP contribution in [0.15, 0.2) is 77.7 Å². The second-order valence-corrected chi connectivity index (χ2v) is 8.51. The van der Waals surface area contributed by atoms with Crippen molar-refractivity contribution in [2.45, 2.75) is 18.9 Å². The number of rotatable bonds is 3. The Balaban J connectivity index is 1.37. The number of fused-ring (bicyclic) bond motifs is 2. The van der Waals surface area contributed by atoms with Crippen molar-refractivity contribution in [3.8, 4) is 22.6 Å². The molecule has 3 aliphatic heterocycles. The fraction of sp³-hybridized carbons (Fsp3) is 0.192. The molecule has 1 saturated heterocycles. The molecule has 2 bridgehead atoms. The average molecular weight is 455 g/mol. The van der Waals surface area contributed by atoms with Gasteiger partial charge in [-0.25, -0.2) is 19.2 Å². The molecule has 4 aromatic rings. The van der Waals surface area contributed by atoms with Crippen LogP contribution in [0.4, 0.5) is 26.4 Å². The molecular weight excluding hydrogens is 433 g/mol. The number of hydrogen-bond donors (Lipinski definition) is 1. The molecule has 0 spiro atoms. The highest BCUT2D eigenvalue weighted by Gasteiger charge is 2.37. The number of urea groups is 1. The van der Waals surface area contributed by atoms with E-state index in [2.05, 4.69) is 15.2 Å². The maximum atomic E-state index is 13.9. The summed E-state index contributed by atoms with van der Waals surface area (Å²) in [6, 6.07) is 17.5. The Kier molecular flexibility index (Phi) is 4.98. The topological polar surface area (TPSA) is 74.5 Å². The van der Waals surface area contributed by atoms with E-state index in [4.69, 9.17) is 9.40 Å². The van der Waals surface area contributed by atoms with Crippen molar-refractivity contribution in [3.05, 3.63) is 79.1 Å². The van der Waals surface area contributed by atoms with E-state index >= 15 is 0 Å². The summed E-state index contributed by atoms with van der Waals surface area (Å²) < 4.78 is 19.2. The summed E-state index contributed by atoms with van der Waals surface area (Å²) in [5.41, 5.74) is 3.71. The van der Waals surface area contributed by atoms with Crippen molar-refractivity contribution < 1.29 is 13.6 Å². The molecule has 0 aliphatic carbocycles. The number of piperidine rings is 1. The van der Waals surface area contributed by atoms with Gasteiger partial charge in [0.15, 0.2) is 18.0 Å². The van der Waals surface area contributed by atoms with Crippen molar-refractivity contribution in [3.63, 3.8) is 0 Å². The van der Waals surface area contributed by atoms with Gasteiger partial charge in [-0.15, -0.1) is 0 Å². The second kappa shape index (κ2) is 8.30. The quantitative estimate of drug-likeness (QED) is 0.438. The molecule has 7 nitrogen and oxygen atoms in total. The van der Waals surface area contributed by atoms with Gasteiger partial charge in [-0.1, -0.05) is 24.3 Å². The van der Waals surface area contributed by atoms with Crippen LogP contribution in [0.25, 0.3) is 22.6 Å². The molecule has 0 radical (unpaired) electrons. The fourth-order valence-electron chi connectivity index (χ4n) is 4.77. The Morgan fingerprint density at radius 3 is 2.65 bits per heavy atom. The first-order valence-corrected chi connectivity index (χ1v) is 11.3. The highest BCUT2D eigenvalue weighted by atomic mass is 19.1. The van der Waals surface area contributed by atoms with E-state index < -0.39 is 0 Å². The minimum absolute atomic E-state index is 0.0326. The smallest absolute Gasteiger partial charge is 0.327 e. The number of aromatic nitrogens is 2. The zero-order valence-corrected chi connectivity index (χ0v) is 18.3. The molecule has 0 saturated carbocycles. The summed E-state index contributed by atoms with van der Waals surface area (Å²) in [5, 5.41) is 3.04. The lowest BCUT2D eigenvalue weighted by Gasteiger charge is -2.31. The number of nitrogens with zero attached hydrogens (tertiary/aromatic N) is 4. The summed E-state index contributed by atoms with van der Waals surface area (Å²) in [7, 11) is 0. The van der Waals surface area contributed by atoms with E-state index in [-0.39, 0.29) is 17.9 Å². The van der Waals surface area contributed by atoms with Crippen LogP contribution in [0.1, 0.15) is 12.8 Å². The number of benzene rings is 2. The largest absolute Gasteiger partial charge is 0.444 e. The average Bonchev–Trinajstić information content (AvgIpc) is 3.30. The summed E-state index contributed by atoms with van der Waals surface area (Å²) in [4.78, 5) is 26.5. The molecule has 0 unspecified atom stereocenters. The monoisotopic (exact) mass is 455 g/mol. The molecule has 1 N–H and O–H groups in total. The third kappa shape index (κ3) is 3.67. The molecule has 2 aromatic carbocycles. The first-order chi connectivity index (χ1) is 16.7. The number of amides is 2. The Labute approximate surface area is 195 Å². The Morgan fingerprint density at radius 2 is 1.85 bits per heavy atom. The maximum Gasteiger partial charge on any atom is 0.327 e. The highest BCUT2D eigenvalue weighted by molar-refractivity contribution is 6.04. The number of carbonyl (C=O) groups excluding carboxylic acids is 1. The van der Waals surface area contributed by atoms with E-state index in [9.17, 15) is 9.18 Å². The third-order valence-corrected chi connectivity index (χ3v) is 6.42. The first-order valence-electron chi connectivity index (χ1n) is 11.3. The molecule has 7 rings (SSSR count). The van der Waals surface area contributed by atoms with Gasteiger partial charge in [0.05, 0.1) is 17.6 Å². The van der Waals surface area contributed by atoms with Gasteiger partial charge < -0.3 is 14.6 Å². The van der Waals surface area contributed by atoms with Crippen LogP contribution in [0.5, 0.6) is 0 Å². The lowest BCUT2D eigenvalue weighted by Crippen LogP contribution is -2.46. The molecular formula is C26H22FN5O2. The molecule has 2 amide bonds. The number of anilines is 3. The summed E-state index contributed by atoms with van der Waals surface area (Å²) in [6.45, 7) is 1.73. The molecule has 1 fully saturated rings. The number of nitrogens with one attached hydrogen (secondary N) is 1. The van der Waals surface area contributed by atoms with Crippen molar-refractivity contribution >= 4 is 23.2 Å². The zero-order chi connectivity index (χ0) is 23.1. The van der Waals surface area contributed by atoms with Crippen molar-refractivity contribution in [1.82, 2.24) is 9.97 Å². The molecule has 2 aromatic heterocycles. The van der Waals surface area contributed by atoms with Gasteiger partial charge in [-0.3, -0.25) is 4.90 Å². The molecule has 8 heteroatoms. The number of pyridine rings is 1. The van der Waals surface area contributed by atoms with Crippen LogP contribution in [-0.2, 0) is 0 Å². The lowest BCUT2D eigenvalue weighted by molar-refractivity contribution is 0.253. The van der Waals surface area contributed by atoms with Crippen LogP contribution in [0.2, 0.25) is 0 Å². The minimum Gasteiger partial charge on any atom is -0.444 e. The summed E-state index contributed by atoms with van der Waals surface area (Å²) >= 11 is 0. The predicted octanol–water partition coefficient (Wildman–Crippen LogP) is 5.56. The molecule has 0 atom stereocenters. The number of hydrogen-bond acceptors (Lipinski definition) is 5. The van der Waals surface area contributed by atoms with Gasteiger partial charge in [-0.05, 0) is 49.2 Å². The SMILES string of the molecule is O=C(Nc1cccc(-c2cnco2)c1)N1c2nc(-c3cccc(F)c3)ccc2N2CCC1CC2. The minimum atomic E-state index is -0.320. The lowest BCUT2D eigenvalue weighted by atomic mass is 10.1. The van der Waals surface area contributed by atoms with E-state index in [1.165, 1.54) is 18.5 Å². The van der Waals surface area contributed by atoms with Gasteiger partial charge in [0.25, 0.3) is 0 Å². The zero-order valence-electron chi connectivity index (χ0n) is 18.3. The Morgan fingerprint density at radius 1 is 1.03 bits per heavy atom. The van der Waals surface area contributed by atoms with Crippen molar-refractivity contribution in [2.24, 2.45) is 0 Å². The van der Waals surface area contributed by atoms with Crippen LogP contribution < -0.4 is 15.1 Å². The second-order valence-electron chi connectivity index (χ2n) is 8.51. The van der Waals surface area contributed by atoms with Crippen molar-refractivity contribution in [1.29, 1.82) is 0 Å². The van der Waals surface area contributed by atoms with Gasteiger partial charge in [0.2, 0.25) is 0 Å². The van der Waals surface area contributed by atoms with Gasteiger partial charge in [0, 0.05) is 35.9 Å². The van der Waals surface area contributed by atoms with Crippen molar-refractivity contribution in [2.75, 3.05) is 28.2 Å². The number of halogens is 1. The van der Waals surface area contributed by atoms with Crippen LogP contribution in [-0.4, -0.2) is 35.1 Å². The number of carbonyl (C=O) groups is 1. The van der Waals surface area contributed by atoms with Gasteiger partial charge in [0.1, 0.15) is 5.82 Å².